The molecule has 4 nitrogen and oxygen atoms in total. The van der Waals surface area contributed by atoms with Crippen LogP contribution in [0.15, 0.2) is 34.1 Å². The lowest BCUT2D eigenvalue weighted by molar-refractivity contribution is 1.16. The van der Waals surface area contributed by atoms with Crippen LogP contribution in [0, 0.1) is 6.92 Å². The zero-order valence-corrected chi connectivity index (χ0v) is 14.5. The van der Waals surface area contributed by atoms with Gasteiger partial charge in [-0.25, -0.2) is 4.98 Å². The SMILES string of the molecule is Cc1nc(-c2c(N)nsc2NCc2ccc(Br)cc2)cs1. The fourth-order valence-corrected chi connectivity index (χ4v) is 3.52. The van der Waals surface area contributed by atoms with Crippen molar-refractivity contribution in [2.75, 3.05) is 11.1 Å². The summed E-state index contributed by atoms with van der Waals surface area (Å²) in [5, 5.41) is 7.40. The van der Waals surface area contributed by atoms with Gasteiger partial charge >= 0.3 is 0 Å². The number of thiazole rings is 1. The molecular formula is C14H13BrN4S2. The minimum atomic E-state index is 0.531. The highest BCUT2D eigenvalue weighted by Gasteiger charge is 2.15. The molecule has 1 aromatic carbocycles. The second-order valence-corrected chi connectivity index (χ2v) is 7.26. The molecule has 0 aliphatic heterocycles. The number of hydrogen-bond acceptors (Lipinski definition) is 6. The number of nitrogens with one attached hydrogen (secondary N) is 1. The van der Waals surface area contributed by atoms with E-state index in [0.717, 1.165) is 32.3 Å². The van der Waals surface area contributed by atoms with E-state index in [-0.39, 0.29) is 0 Å². The summed E-state index contributed by atoms with van der Waals surface area (Å²) in [6.07, 6.45) is 0. The predicted octanol–water partition coefficient (Wildman–Crippen LogP) is 4.53. The average molecular weight is 381 g/mol. The summed E-state index contributed by atoms with van der Waals surface area (Å²) in [6.45, 7) is 2.71. The zero-order chi connectivity index (χ0) is 14.8. The number of aromatic nitrogens is 2. The van der Waals surface area contributed by atoms with Crippen LogP contribution in [0.4, 0.5) is 10.8 Å². The number of anilines is 2. The molecule has 0 saturated heterocycles. The van der Waals surface area contributed by atoms with Gasteiger partial charge in [0, 0.05) is 16.4 Å². The zero-order valence-electron chi connectivity index (χ0n) is 11.3. The third-order valence-electron chi connectivity index (χ3n) is 2.96. The molecule has 21 heavy (non-hydrogen) atoms. The highest BCUT2D eigenvalue weighted by atomic mass is 79.9. The Bertz CT molecular complexity index is 749. The maximum Gasteiger partial charge on any atom is 0.148 e. The number of nitrogen functional groups attached to an aromatic ring is 1. The fraction of sp³-hybridized carbons (Fsp3) is 0.143. The van der Waals surface area contributed by atoms with Crippen molar-refractivity contribution in [2.24, 2.45) is 0 Å². The summed E-state index contributed by atoms with van der Waals surface area (Å²) in [4.78, 5) is 4.50. The molecule has 0 radical (unpaired) electrons. The Balaban J connectivity index is 1.81. The van der Waals surface area contributed by atoms with Gasteiger partial charge in [0.05, 0.1) is 16.3 Å². The molecule has 7 heteroatoms. The number of rotatable bonds is 4. The number of nitrogens with zero attached hydrogens (tertiary/aromatic N) is 2. The van der Waals surface area contributed by atoms with Crippen molar-refractivity contribution >= 4 is 49.6 Å². The first-order valence-electron chi connectivity index (χ1n) is 6.29. The summed E-state index contributed by atoms with van der Waals surface area (Å²) in [7, 11) is 0. The van der Waals surface area contributed by atoms with Crippen molar-refractivity contribution in [2.45, 2.75) is 13.5 Å². The van der Waals surface area contributed by atoms with E-state index in [9.17, 15) is 0 Å². The van der Waals surface area contributed by atoms with Crippen LogP contribution in [0.1, 0.15) is 10.6 Å². The first kappa shape index (κ1) is 14.5. The molecule has 2 heterocycles. The molecule has 0 spiro atoms. The van der Waals surface area contributed by atoms with E-state index in [1.807, 2.05) is 24.4 Å². The number of nitrogens with two attached hydrogens (primary N) is 1. The quantitative estimate of drug-likeness (QED) is 0.697. The van der Waals surface area contributed by atoms with Gasteiger partial charge in [-0.1, -0.05) is 28.1 Å². The normalized spacial score (nSPS) is 10.8. The van der Waals surface area contributed by atoms with Crippen molar-refractivity contribution in [3.05, 3.63) is 44.7 Å². The lowest BCUT2D eigenvalue weighted by Gasteiger charge is -2.06. The highest BCUT2D eigenvalue weighted by Crippen LogP contribution is 2.37. The summed E-state index contributed by atoms with van der Waals surface area (Å²) >= 11 is 6.42. The van der Waals surface area contributed by atoms with Crippen molar-refractivity contribution in [3.8, 4) is 11.3 Å². The van der Waals surface area contributed by atoms with E-state index >= 15 is 0 Å². The molecule has 3 N–H and O–H groups in total. The van der Waals surface area contributed by atoms with E-state index in [1.165, 1.54) is 17.1 Å². The molecule has 0 unspecified atom stereocenters. The van der Waals surface area contributed by atoms with E-state index in [2.05, 4.69) is 42.7 Å². The first-order valence-corrected chi connectivity index (χ1v) is 8.74. The van der Waals surface area contributed by atoms with Crippen molar-refractivity contribution < 1.29 is 0 Å². The second-order valence-electron chi connectivity index (χ2n) is 4.50. The van der Waals surface area contributed by atoms with Gasteiger partial charge in [0.25, 0.3) is 0 Å². The molecule has 0 amide bonds. The molecule has 108 valence electrons. The first-order chi connectivity index (χ1) is 10.1. The summed E-state index contributed by atoms with van der Waals surface area (Å²) in [5.41, 5.74) is 8.98. The largest absolute Gasteiger partial charge is 0.382 e. The van der Waals surface area contributed by atoms with E-state index in [1.54, 1.807) is 11.3 Å². The average Bonchev–Trinajstić information content (AvgIpc) is 3.04. The van der Waals surface area contributed by atoms with Crippen LogP contribution >= 0.6 is 38.8 Å². The minimum Gasteiger partial charge on any atom is -0.382 e. The van der Waals surface area contributed by atoms with Gasteiger partial charge in [0.2, 0.25) is 0 Å². The van der Waals surface area contributed by atoms with Crippen LogP contribution in [0.5, 0.6) is 0 Å². The van der Waals surface area contributed by atoms with Gasteiger partial charge in [0.1, 0.15) is 10.8 Å². The maximum absolute atomic E-state index is 5.99. The molecule has 0 bridgehead atoms. The Morgan fingerprint density at radius 3 is 2.71 bits per heavy atom. The molecule has 0 saturated carbocycles. The van der Waals surface area contributed by atoms with E-state index < -0.39 is 0 Å². The highest BCUT2D eigenvalue weighted by molar-refractivity contribution is 9.10. The van der Waals surface area contributed by atoms with Crippen LogP contribution in [0.2, 0.25) is 0 Å². The standard InChI is InChI=1S/C14H13BrN4S2/c1-8-18-11(7-20-8)12-13(16)19-21-14(12)17-6-9-2-4-10(15)5-3-9/h2-5,7,17H,6H2,1H3,(H2,16,19). The fourth-order valence-electron chi connectivity index (χ4n) is 1.93. The Labute approximate surface area is 139 Å². The van der Waals surface area contributed by atoms with Crippen molar-refractivity contribution in [1.82, 2.24) is 9.36 Å². The van der Waals surface area contributed by atoms with Crippen LogP contribution in [0.25, 0.3) is 11.3 Å². The Hall–Kier alpha value is -1.44. The minimum absolute atomic E-state index is 0.531. The maximum atomic E-state index is 5.99. The third kappa shape index (κ3) is 3.25. The van der Waals surface area contributed by atoms with Crippen LogP contribution < -0.4 is 11.1 Å². The predicted molar refractivity (Wildman–Crippen MR) is 93.8 cm³/mol. The number of aryl methyl sites for hydroxylation is 1. The lowest BCUT2D eigenvalue weighted by atomic mass is 10.2. The van der Waals surface area contributed by atoms with Gasteiger partial charge in [-0.2, -0.15) is 4.37 Å². The molecular weight excluding hydrogens is 368 g/mol. The molecule has 3 rings (SSSR count). The second kappa shape index (κ2) is 6.13. The summed E-state index contributed by atoms with van der Waals surface area (Å²) in [6, 6.07) is 8.22. The van der Waals surface area contributed by atoms with Gasteiger partial charge < -0.3 is 11.1 Å². The van der Waals surface area contributed by atoms with Crippen molar-refractivity contribution in [1.29, 1.82) is 0 Å². The number of benzene rings is 1. The smallest absolute Gasteiger partial charge is 0.148 e. The van der Waals surface area contributed by atoms with Crippen molar-refractivity contribution in [3.63, 3.8) is 0 Å². The topological polar surface area (TPSA) is 63.8 Å². The molecule has 0 fully saturated rings. The molecule has 0 aliphatic carbocycles. The number of hydrogen-bond donors (Lipinski definition) is 2. The Morgan fingerprint density at radius 1 is 1.29 bits per heavy atom. The summed E-state index contributed by atoms with van der Waals surface area (Å²) in [5.74, 6) is 0.531. The number of halogens is 1. The van der Waals surface area contributed by atoms with Crippen LogP contribution in [-0.2, 0) is 6.54 Å². The molecule has 0 aliphatic rings. The van der Waals surface area contributed by atoms with E-state index in [0.29, 0.717) is 5.82 Å². The van der Waals surface area contributed by atoms with Gasteiger partial charge in [0.15, 0.2) is 0 Å². The third-order valence-corrected chi connectivity index (χ3v) is 5.08. The van der Waals surface area contributed by atoms with Crippen LogP contribution in [-0.4, -0.2) is 9.36 Å². The molecule has 3 aromatic rings. The lowest BCUT2D eigenvalue weighted by Crippen LogP contribution is -1.99. The Morgan fingerprint density at radius 2 is 2.05 bits per heavy atom. The van der Waals surface area contributed by atoms with Gasteiger partial charge in [-0.05, 0) is 36.2 Å². The summed E-state index contributed by atoms with van der Waals surface area (Å²) < 4.78 is 5.32. The van der Waals surface area contributed by atoms with Gasteiger partial charge in [-0.3, -0.25) is 0 Å². The van der Waals surface area contributed by atoms with Crippen LogP contribution in [0.3, 0.4) is 0 Å². The van der Waals surface area contributed by atoms with E-state index in [4.69, 9.17) is 5.73 Å². The molecule has 0 atom stereocenters. The molecule has 2 aromatic heterocycles. The monoisotopic (exact) mass is 380 g/mol. The van der Waals surface area contributed by atoms with Gasteiger partial charge in [-0.15, -0.1) is 11.3 Å². The Kier molecular flexibility index (Phi) is 4.23.